The molecule has 0 saturated carbocycles. The molecule has 1 aliphatic rings. The van der Waals surface area contributed by atoms with Gasteiger partial charge in [-0.15, -0.1) is 0 Å². The Morgan fingerprint density at radius 3 is 2.67 bits per heavy atom. The average molecular weight is 534 g/mol. The third-order valence-corrected chi connectivity index (χ3v) is 7.56. The molecular weight excluding hydrogens is 502 g/mol. The zero-order valence-corrected chi connectivity index (χ0v) is 22.5. The highest BCUT2D eigenvalue weighted by molar-refractivity contribution is 5.81. The number of nitrogens with zero attached hydrogens (tertiary/aromatic N) is 7. The van der Waals surface area contributed by atoms with Crippen molar-refractivity contribution in [2.75, 3.05) is 26.2 Å². The quantitative estimate of drug-likeness (QED) is 0.289. The van der Waals surface area contributed by atoms with Crippen LogP contribution in [0.2, 0.25) is 0 Å². The summed E-state index contributed by atoms with van der Waals surface area (Å²) in [6.45, 7) is 6.73. The minimum atomic E-state index is -0.150. The molecule has 2 aromatic carbocycles. The van der Waals surface area contributed by atoms with E-state index in [4.69, 9.17) is 4.74 Å². The van der Waals surface area contributed by atoms with E-state index in [9.17, 15) is 10.1 Å². The van der Waals surface area contributed by atoms with Crippen LogP contribution in [-0.2, 0) is 6.54 Å². The SMILES string of the molecule is CCCN1CCC(COc2cnc(-c3cccc(Cn4c(=O)ccn5c6cc(C#N)ccc6nc45)c3)nc2)CC1. The van der Waals surface area contributed by atoms with E-state index in [0.29, 0.717) is 42.0 Å². The van der Waals surface area contributed by atoms with Gasteiger partial charge in [0.05, 0.1) is 48.2 Å². The van der Waals surface area contributed by atoms with E-state index in [0.717, 1.165) is 48.1 Å². The molecule has 0 amide bonds. The van der Waals surface area contributed by atoms with Crippen LogP contribution in [0.1, 0.15) is 37.3 Å². The first-order valence-corrected chi connectivity index (χ1v) is 13.8. The molecule has 4 heterocycles. The summed E-state index contributed by atoms with van der Waals surface area (Å²) in [4.78, 5) is 29.2. The highest BCUT2D eigenvalue weighted by Gasteiger charge is 2.19. The Morgan fingerprint density at radius 2 is 1.90 bits per heavy atom. The molecule has 40 heavy (non-hydrogen) atoms. The van der Waals surface area contributed by atoms with Gasteiger partial charge in [-0.3, -0.25) is 13.8 Å². The Kier molecular flexibility index (Phi) is 7.25. The lowest BCUT2D eigenvalue weighted by Gasteiger charge is -2.31. The van der Waals surface area contributed by atoms with Gasteiger partial charge in [-0.05, 0) is 74.6 Å². The van der Waals surface area contributed by atoms with Crippen molar-refractivity contribution in [3.63, 3.8) is 0 Å². The maximum atomic E-state index is 12.9. The first kappa shape index (κ1) is 25.7. The second-order valence-electron chi connectivity index (χ2n) is 10.4. The van der Waals surface area contributed by atoms with E-state index in [1.165, 1.54) is 19.0 Å². The lowest BCUT2D eigenvalue weighted by Crippen LogP contribution is -2.35. The molecule has 1 aliphatic heterocycles. The molecule has 0 atom stereocenters. The van der Waals surface area contributed by atoms with Crippen molar-refractivity contribution < 1.29 is 4.74 Å². The van der Waals surface area contributed by atoms with Crippen LogP contribution >= 0.6 is 0 Å². The summed E-state index contributed by atoms with van der Waals surface area (Å²) in [7, 11) is 0. The van der Waals surface area contributed by atoms with Gasteiger partial charge in [0, 0.05) is 17.8 Å². The van der Waals surface area contributed by atoms with E-state index in [1.807, 2.05) is 28.7 Å². The summed E-state index contributed by atoms with van der Waals surface area (Å²) in [5.41, 5.74) is 3.70. The number of nitriles is 1. The van der Waals surface area contributed by atoms with Crippen molar-refractivity contribution in [3.8, 4) is 23.2 Å². The van der Waals surface area contributed by atoms with E-state index in [2.05, 4.69) is 32.8 Å². The molecule has 0 aliphatic carbocycles. The molecule has 0 bridgehead atoms. The Labute approximate surface area is 232 Å². The zero-order chi connectivity index (χ0) is 27.5. The van der Waals surface area contributed by atoms with Crippen LogP contribution in [0.15, 0.2) is 71.9 Å². The second-order valence-corrected chi connectivity index (χ2v) is 10.4. The monoisotopic (exact) mass is 533 g/mol. The van der Waals surface area contributed by atoms with Gasteiger partial charge in [-0.1, -0.05) is 25.1 Å². The van der Waals surface area contributed by atoms with Crippen LogP contribution in [0.25, 0.3) is 28.2 Å². The third kappa shape index (κ3) is 5.31. The molecule has 1 fully saturated rings. The van der Waals surface area contributed by atoms with Gasteiger partial charge in [0.2, 0.25) is 5.78 Å². The summed E-state index contributed by atoms with van der Waals surface area (Å²) >= 11 is 0. The molecule has 9 heteroatoms. The molecule has 1 saturated heterocycles. The number of piperidine rings is 1. The zero-order valence-electron chi connectivity index (χ0n) is 22.5. The van der Waals surface area contributed by atoms with Gasteiger partial charge in [-0.2, -0.15) is 5.26 Å². The summed E-state index contributed by atoms with van der Waals surface area (Å²) in [5.74, 6) is 2.37. The van der Waals surface area contributed by atoms with Gasteiger partial charge in [0.25, 0.3) is 5.56 Å². The van der Waals surface area contributed by atoms with Gasteiger partial charge in [0.1, 0.15) is 0 Å². The average Bonchev–Trinajstić information content (AvgIpc) is 3.37. The number of hydrogen-bond acceptors (Lipinski definition) is 7. The fraction of sp³-hybridized carbons (Fsp3) is 0.323. The molecule has 3 aromatic heterocycles. The van der Waals surface area contributed by atoms with Gasteiger partial charge in [-0.25, -0.2) is 15.0 Å². The molecular formula is C31H31N7O2. The van der Waals surface area contributed by atoms with Crippen molar-refractivity contribution in [2.24, 2.45) is 5.92 Å². The Bertz CT molecular complexity index is 1740. The molecule has 0 radical (unpaired) electrons. The topological polar surface area (TPSA) is 101 Å². The van der Waals surface area contributed by atoms with Crippen LogP contribution in [0.3, 0.4) is 0 Å². The number of likely N-dealkylation sites (tertiary alicyclic amines) is 1. The number of hydrogen-bond donors (Lipinski definition) is 0. The van der Waals surface area contributed by atoms with Gasteiger partial charge >= 0.3 is 0 Å². The smallest absolute Gasteiger partial charge is 0.255 e. The summed E-state index contributed by atoms with van der Waals surface area (Å²) < 4.78 is 9.50. The van der Waals surface area contributed by atoms with Crippen LogP contribution in [0.4, 0.5) is 0 Å². The van der Waals surface area contributed by atoms with Crippen molar-refractivity contribution >= 4 is 16.8 Å². The predicted molar refractivity (Wildman–Crippen MR) is 153 cm³/mol. The summed E-state index contributed by atoms with van der Waals surface area (Å²) in [6, 6.07) is 16.9. The fourth-order valence-electron chi connectivity index (χ4n) is 5.40. The molecule has 9 nitrogen and oxygen atoms in total. The summed E-state index contributed by atoms with van der Waals surface area (Å²) in [6.07, 6.45) is 8.70. The molecule has 5 aromatic rings. The van der Waals surface area contributed by atoms with E-state index >= 15 is 0 Å². The normalized spacial score (nSPS) is 14.5. The van der Waals surface area contributed by atoms with E-state index < -0.39 is 0 Å². The van der Waals surface area contributed by atoms with Crippen LogP contribution in [0.5, 0.6) is 5.75 Å². The maximum Gasteiger partial charge on any atom is 0.255 e. The summed E-state index contributed by atoms with van der Waals surface area (Å²) in [5, 5.41) is 9.29. The second kappa shape index (κ2) is 11.3. The van der Waals surface area contributed by atoms with Crippen LogP contribution in [-0.4, -0.2) is 55.1 Å². The number of imidazole rings is 1. The number of benzene rings is 2. The van der Waals surface area contributed by atoms with E-state index in [-0.39, 0.29) is 5.56 Å². The van der Waals surface area contributed by atoms with Crippen LogP contribution < -0.4 is 10.3 Å². The Hall–Kier alpha value is -4.55. The highest BCUT2D eigenvalue weighted by atomic mass is 16.5. The number of ether oxygens (including phenoxy) is 1. The molecule has 0 spiro atoms. The fourth-order valence-corrected chi connectivity index (χ4v) is 5.40. The minimum Gasteiger partial charge on any atom is -0.490 e. The lowest BCUT2D eigenvalue weighted by molar-refractivity contribution is 0.141. The van der Waals surface area contributed by atoms with Crippen molar-refractivity contribution in [2.45, 2.75) is 32.7 Å². The lowest BCUT2D eigenvalue weighted by atomic mass is 9.98. The number of rotatable bonds is 8. The van der Waals surface area contributed by atoms with Gasteiger partial charge in [0.15, 0.2) is 11.6 Å². The third-order valence-electron chi connectivity index (χ3n) is 7.56. The van der Waals surface area contributed by atoms with E-state index in [1.54, 1.807) is 41.4 Å². The highest BCUT2D eigenvalue weighted by Crippen LogP contribution is 2.22. The largest absolute Gasteiger partial charge is 0.490 e. The number of aromatic nitrogens is 5. The number of fused-ring (bicyclic) bond motifs is 3. The molecule has 6 rings (SSSR count). The molecule has 0 N–H and O–H groups in total. The minimum absolute atomic E-state index is 0.150. The van der Waals surface area contributed by atoms with Crippen molar-refractivity contribution in [1.82, 2.24) is 28.8 Å². The van der Waals surface area contributed by atoms with Crippen molar-refractivity contribution in [1.29, 1.82) is 5.26 Å². The predicted octanol–water partition coefficient (Wildman–Crippen LogP) is 4.53. The first-order valence-electron chi connectivity index (χ1n) is 13.8. The Morgan fingerprint density at radius 1 is 1.07 bits per heavy atom. The molecule has 202 valence electrons. The standard InChI is InChI=1S/C31H31N7O2/c1-2-11-36-12-8-22(9-13-36)21-40-26-18-33-30(34-19-26)25-5-3-4-24(15-25)20-38-29(39)10-14-37-28-16-23(17-32)6-7-27(28)35-31(37)38/h3-7,10,14-16,18-19,22H,2,8-9,11-13,20-21H2,1H3. The molecule has 0 unspecified atom stereocenters. The van der Waals surface area contributed by atoms with Gasteiger partial charge < -0.3 is 9.64 Å². The Balaban J connectivity index is 1.17. The maximum absolute atomic E-state index is 12.9. The van der Waals surface area contributed by atoms with Crippen molar-refractivity contribution in [3.05, 3.63) is 88.6 Å². The first-order chi connectivity index (χ1) is 19.6. The van der Waals surface area contributed by atoms with Crippen LogP contribution in [0, 0.1) is 17.2 Å².